The summed E-state index contributed by atoms with van der Waals surface area (Å²) in [5, 5.41) is 2.56. The number of carbonyl (C=O) groups excluding carboxylic acids is 3. The third kappa shape index (κ3) is 3.90. The van der Waals surface area contributed by atoms with Gasteiger partial charge in [-0.15, -0.1) is 11.3 Å². The van der Waals surface area contributed by atoms with Crippen molar-refractivity contribution in [3.8, 4) is 10.4 Å². The van der Waals surface area contributed by atoms with E-state index < -0.39 is 34.4 Å². The number of rotatable bonds is 6. The quantitative estimate of drug-likeness (QED) is 0.553. The summed E-state index contributed by atoms with van der Waals surface area (Å²) < 4.78 is 31.0. The van der Waals surface area contributed by atoms with Gasteiger partial charge in [-0.1, -0.05) is 42.5 Å². The van der Waals surface area contributed by atoms with Crippen LogP contribution >= 0.6 is 11.3 Å². The molecule has 1 aliphatic heterocycles. The zero-order valence-electron chi connectivity index (χ0n) is 16.9. The highest BCUT2D eigenvalue weighted by Gasteiger charge is 2.41. The van der Waals surface area contributed by atoms with Gasteiger partial charge in [0.2, 0.25) is 5.91 Å². The molecule has 1 aromatic heterocycles. The molecule has 0 bridgehead atoms. The Bertz CT molecular complexity index is 1320. The van der Waals surface area contributed by atoms with E-state index in [9.17, 15) is 22.8 Å². The Balaban J connectivity index is 1.60. The van der Waals surface area contributed by atoms with Crippen LogP contribution in [-0.4, -0.2) is 43.7 Å². The van der Waals surface area contributed by atoms with Gasteiger partial charge in [-0.2, -0.15) is 0 Å². The summed E-state index contributed by atoms with van der Waals surface area (Å²) >= 11 is 1.15. The maximum atomic E-state index is 12.7. The number of hydrogen-bond donors (Lipinski definition) is 1. The van der Waals surface area contributed by atoms with Crippen molar-refractivity contribution in [3.63, 3.8) is 0 Å². The van der Waals surface area contributed by atoms with Crippen LogP contribution in [-0.2, 0) is 19.6 Å². The number of esters is 1. The second kappa shape index (κ2) is 8.56. The van der Waals surface area contributed by atoms with Crippen molar-refractivity contribution in [1.82, 2.24) is 4.31 Å². The second-order valence-electron chi connectivity index (χ2n) is 6.80. The molecule has 164 valence electrons. The fraction of sp³-hybridized carbons (Fsp3) is 0.136. The summed E-state index contributed by atoms with van der Waals surface area (Å²) in [6.45, 7) is 1.11. The lowest BCUT2D eigenvalue weighted by Gasteiger charge is -2.14. The third-order valence-corrected chi connectivity index (χ3v) is 7.68. The molecule has 32 heavy (non-hydrogen) atoms. The molecule has 0 spiro atoms. The summed E-state index contributed by atoms with van der Waals surface area (Å²) in [5.41, 5.74) is 1.06. The lowest BCUT2D eigenvalue weighted by molar-refractivity contribution is -0.116. The van der Waals surface area contributed by atoms with Crippen LogP contribution in [0.15, 0.2) is 65.6 Å². The summed E-state index contributed by atoms with van der Waals surface area (Å²) in [4.78, 5) is 38.4. The van der Waals surface area contributed by atoms with E-state index in [2.05, 4.69) is 5.32 Å². The number of amides is 2. The van der Waals surface area contributed by atoms with Crippen LogP contribution in [0.2, 0.25) is 0 Å². The first kappa shape index (κ1) is 21.7. The van der Waals surface area contributed by atoms with Crippen molar-refractivity contribution in [3.05, 3.63) is 71.1 Å². The molecule has 0 radical (unpaired) electrons. The minimum Gasteiger partial charge on any atom is -0.462 e. The first-order valence-electron chi connectivity index (χ1n) is 9.65. The summed E-state index contributed by atoms with van der Waals surface area (Å²) in [5.74, 6) is -2.12. The number of thiophene rings is 1. The van der Waals surface area contributed by atoms with Crippen LogP contribution in [0.25, 0.3) is 10.4 Å². The van der Waals surface area contributed by atoms with Gasteiger partial charge in [0, 0.05) is 4.88 Å². The van der Waals surface area contributed by atoms with E-state index in [-0.39, 0.29) is 27.6 Å². The highest BCUT2D eigenvalue weighted by Crippen LogP contribution is 2.36. The molecule has 8 nitrogen and oxygen atoms in total. The SMILES string of the molecule is CCOC(=O)c1sc(-c2ccccc2)cc1NC(=O)CN1C(=O)c2ccccc2S1(=O)=O. The lowest BCUT2D eigenvalue weighted by atomic mass is 10.2. The number of carbonyl (C=O) groups is 3. The molecule has 1 aliphatic rings. The first-order chi connectivity index (χ1) is 15.3. The number of benzene rings is 2. The fourth-order valence-corrected chi connectivity index (χ4v) is 5.82. The van der Waals surface area contributed by atoms with Crippen LogP contribution in [0.5, 0.6) is 0 Å². The highest BCUT2D eigenvalue weighted by atomic mass is 32.2. The Morgan fingerprint density at radius 3 is 2.44 bits per heavy atom. The van der Waals surface area contributed by atoms with Crippen molar-refractivity contribution >= 4 is 44.8 Å². The normalized spacial score (nSPS) is 14.2. The molecule has 2 heterocycles. The standard InChI is InChI=1S/C22H18N2O6S2/c1-2-30-22(27)20-16(12-17(31-20)14-8-4-3-5-9-14)23-19(25)13-24-21(26)15-10-6-7-11-18(15)32(24,28)29/h3-12H,2,13H2,1H3,(H,23,25). The van der Waals surface area contributed by atoms with E-state index in [4.69, 9.17) is 4.74 Å². The van der Waals surface area contributed by atoms with Gasteiger partial charge in [-0.3, -0.25) is 9.59 Å². The van der Waals surface area contributed by atoms with E-state index >= 15 is 0 Å². The van der Waals surface area contributed by atoms with E-state index in [0.29, 0.717) is 4.31 Å². The molecule has 0 unspecified atom stereocenters. The fourth-order valence-electron chi connectivity index (χ4n) is 3.28. The molecule has 1 N–H and O–H groups in total. The molecule has 10 heteroatoms. The van der Waals surface area contributed by atoms with E-state index in [0.717, 1.165) is 21.8 Å². The molecule has 0 atom stereocenters. The Morgan fingerprint density at radius 2 is 1.75 bits per heavy atom. The van der Waals surface area contributed by atoms with Gasteiger partial charge in [0.25, 0.3) is 15.9 Å². The Kier molecular flexibility index (Phi) is 5.81. The monoisotopic (exact) mass is 470 g/mol. The third-order valence-electron chi connectivity index (χ3n) is 4.72. The summed E-state index contributed by atoms with van der Waals surface area (Å²) in [6.07, 6.45) is 0. The molecule has 2 aromatic carbocycles. The number of hydrogen-bond acceptors (Lipinski definition) is 7. The smallest absolute Gasteiger partial charge is 0.350 e. The van der Waals surface area contributed by atoms with Gasteiger partial charge in [-0.25, -0.2) is 17.5 Å². The van der Waals surface area contributed by atoms with Crippen LogP contribution in [0, 0.1) is 0 Å². The Labute approximate surface area is 188 Å². The van der Waals surface area contributed by atoms with Gasteiger partial charge in [0.05, 0.1) is 17.9 Å². The molecule has 0 aliphatic carbocycles. The summed E-state index contributed by atoms with van der Waals surface area (Å²) in [7, 11) is -4.12. The lowest BCUT2D eigenvalue weighted by Crippen LogP contribution is -2.37. The average Bonchev–Trinajstić information content (AvgIpc) is 3.28. The maximum Gasteiger partial charge on any atom is 0.350 e. The van der Waals surface area contributed by atoms with E-state index in [1.165, 1.54) is 18.2 Å². The molecule has 0 saturated carbocycles. The van der Waals surface area contributed by atoms with Gasteiger partial charge >= 0.3 is 5.97 Å². The largest absolute Gasteiger partial charge is 0.462 e. The second-order valence-corrected chi connectivity index (χ2v) is 9.68. The van der Waals surface area contributed by atoms with Crippen molar-refractivity contribution in [2.75, 3.05) is 18.5 Å². The minimum atomic E-state index is -4.12. The van der Waals surface area contributed by atoms with Crippen molar-refractivity contribution in [2.45, 2.75) is 11.8 Å². The molecular weight excluding hydrogens is 452 g/mol. The van der Waals surface area contributed by atoms with Crippen LogP contribution < -0.4 is 5.32 Å². The van der Waals surface area contributed by atoms with E-state index in [1.54, 1.807) is 19.1 Å². The number of anilines is 1. The Hall–Kier alpha value is -3.50. The van der Waals surface area contributed by atoms with Crippen LogP contribution in [0.4, 0.5) is 5.69 Å². The maximum absolute atomic E-state index is 12.7. The molecule has 4 rings (SSSR count). The zero-order valence-corrected chi connectivity index (χ0v) is 18.5. The number of sulfonamides is 1. The van der Waals surface area contributed by atoms with Crippen molar-refractivity contribution < 1.29 is 27.5 Å². The van der Waals surface area contributed by atoms with Gasteiger partial charge < -0.3 is 10.1 Å². The minimum absolute atomic E-state index is 0.0226. The number of nitrogens with one attached hydrogen (secondary N) is 1. The van der Waals surface area contributed by atoms with Crippen molar-refractivity contribution in [1.29, 1.82) is 0 Å². The number of ether oxygens (including phenoxy) is 1. The van der Waals surface area contributed by atoms with Gasteiger partial charge in [-0.05, 0) is 30.7 Å². The van der Waals surface area contributed by atoms with Crippen LogP contribution in [0.1, 0.15) is 27.0 Å². The number of fused-ring (bicyclic) bond motifs is 1. The van der Waals surface area contributed by atoms with Gasteiger partial charge in [0.1, 0.15) is 16.3 Å². The number of nitrogens with zero attached hydrogens (tertiary/aromatic N) is 1. The average molecular weight is 471 g/mol. The van der Waals surface area contributed by atoms with E-state index in [1.807, 2.05) is 30.3 Å². The predicted octanol–water partition coefficient (Wildman–Crippen LogP) is 3.38. The molecule has 2 amide bonds. The summed E-state index contributed by atoms with van der Waals surface area (Å²) in [6, 6.07) is 16.7. The molecule has 3 aromatic rings. The topological polar surface area (TPSA) is 110 Å². The Morgan fingerprint density at radius 1 is 1.06 bits per heavy atom. The first-order valence-corrected chi connectivity index (χ1v) is 11.9. The predicted molar refractivity (Wildman–Crippen MR) is 119 cm³/mol. The molecular formula is C22H18N2O6S2. The van der Waals surface area contributed by atoms with Gasteiger partial charge in [0.15, 0.2) is 0 Å². The highest BCUT2D eigenvalue weighted by molar-refractivity contribution is 7.90. The zero-order chi connectivity index (χ0) is 22.9. The molecule has 0 fully saturated rings. The molecule has 0 saturated heterocycles. The van der Waals surface area contributed by atoms with Crippen molar-refractivity contribution in [2.24, 2.45) is 0 Å². The van der Waals surface area contributed by atoms with Crippen LogP contribution in [0.3, 0.4) is 0 Å².